The molecule has 0 saturated heterocycles. The Morgan fingerprint density at radius 2 is 2.10 bits per heavy atom. The van der Waals surface area contributed by atoms with Crippen LogP contribution in [-0.4, -0.2) is 25.1 Å². The number of hydrogen-bond donors (Lipinski definition) is 1. The van der Waals surface area contributed by atoms with Gasteiger partial charge in [0.2, 0.25) is 0 Å². The maximum absolute atomic E-state index is 5.77. The first-order valence-electron chi connectivity index (χ1n) is 7.58. The number of pyridine rings is 1. The van der Waals surface area contributed by atoms with Crippen molar-refractivity contribution in [1.82, 2.24) is 4.98 Å². The number of nitrogens with two attached hydrogens (primary N) is 1. The third-order valence-electron chi connectivity index (χ3n) is 4.31. The second-order valence-electron chi connectivity index (χ2n) is 5.88. The summed E-state index contributed by atoms with van der Waals surface area (Å²) >= 11 is 0. The van der Waals surface area contributed by atoms with Crippen molar-refractivity contribution in [1.29, 1.82) is 0 Å². The molecule has 2 aromatic rings. The molecule has 1 aliphatic carbocycles. The summed E-state index contributed by atoms with van der Waals surface area (Å²) in [5.74, 6) is 1.96. The number of para-hydroxylation sites is 1. The van der Waals surface area contributed by atoms with Gasteiger partial charge in [0.15, 0.2) is 0 Å². The second-order valence-corrected chi connectivity index (χ2v) is 5.88. The van der Waals surface area contributed by atoms with Crippen LogP contribution in [0.5, 0.6) is 0 Å². The van der Waals surface area contributed by atoms with E-state index in [9.17, 15) is 0 Å². The monoisotopic (exact) mass is 269 g/mol. The van der Waals surface area contributed by atoms with Gasteiger partial charge in [-0.2, -0.15) is 0 Å². The lowest BCUT2D eigenvalue weighted by Crippen LogP contribution is -2.30. The SMILES string of the molecule is CN(CC1CCC1)c1nc2ccccc2cc1CCN. The molecular formula is C17H23N3. The van der Waals surface area contributed by atoms with Crippen molar-refractivity contribution in [2.45, 2.75) is 25.7 Å². The first-order chi connectivity index (χ1) is 9.78. The van der Waals surface area contributed by atoms with Crippen molar-refractivity contribution >= 4 is 16.7 Å². The van der Waals surface area contributed by atoms with Gasteiger partial charge < -0.3 is 10.6 Å². The summed E-state index contributed by atoms with van der Waals surface area (Å²) in [6, 6.07) is 10.6. The zero-order chi connectivity index (χ0) is 13.9. The number of fused-ring (bicyclic) bond motifs is 1. The van der Waals surface area contributed by atoms with Gasteiger partial charge in [0.05, 0.1) is 5.52 Å². The minimum absolute atomic E-state index is 0.671. The molecule has 0 amide bonds. The van der Waals surface area contributed by atoms with Crippen LogP contribution < -0.4 is 10.6 Å². The van der Waals surface area contributed by atoms with Crippen molar-refractivity contribution in [2.24, 2.45) is 11.7 Å². The predicted molar refractivity (Wildman–Crippen MR) is 85.1 cm³/mol. The van der Waals surface area contributed by atoms with Gasteiger partial charge in [-0.05, 0) is 49.4 Å². The highest BCUT2D eigenvalue weighted by Crippen LogP contribution is 2.30. The Bertz CT molecular complexity index is 590. The fourth-order valence-electron chi connectivity index (χ4n) is 2.97. The van der Waals surface area contributed by atoms with Crippen LogP contribution in [0, 0.1) is 5.92 Å². The zero-order valence-corrected chi connectivity index (χ0v) is 12.2. The lowest BCUT2D eigenvalue weighted by molar-refractivity contribution is 0.321. The van der Waals surface area contributed by atoms with Crippen LogP contribution in [0.2, 0.25) is 0 Å². The van der Waals surface area contributed by atoms with E-state index in [1.54, 1.807) is 0 Å². The topological polar surface area (TPSA) is 42.2 Å². The van der Waals surface area contributed by atoms with Gasteiger partial charge in [0.1, 0.15) is 5.82 Å². The van der Waals surface area contributed by atoms with Crippen molar-refractivity contribution in [3.8, 4) is 0 Å². The van der Waals surface area contributed by atoms with Gasteiger partial charge in [-0.3, -0.25) is 0 Å². The van der Waals surface area contributed by atoms with E-state index in [1.807, 2.05) is 6.07 Å². The van der Waals surface area contributed by atoms with E-state index >= 15 is 0 Å². The Hall–Kier alpha value is -1.61. The molecule has 0 aliphatic heterocycles. The van der Waals surface area contributed by atoms with Gasteiger partial charge >= 0.3 is 0 Å². The first kappa shape index (κ1) is 13.4. The van der Waals surface area contributed by atoms with Crippen LogP contribution >= 0.6 is 0 Å². The summed E-state index contributed by atoms with van der Waals surface area (Å²) in [5.41, 5.74) is 8.11. The van der Waals surface area contributed by atoms with Gasteiger partial charge in [-0.1, -0.05) is 24.6 Å². The van der Waals surface area contributed by atoms with Crippen molar-refractivity contribution in [3.05, 3.63) is 35.9 Å². The summed E-state index contributed by atoms with van der Waals surface area (Å²) < 4.78 is 0. The fourth-order valence-corrected chi connectivity index (χ4v) is 2.97. The highest BCUT2D eigenvalue weighted by molar-refractivity contribution is 5.81. The van der Waals surface area contributed by atoms with Gasteiger partial charge in [-0.25, -0.2) is 4.98 Å². The third-order valence-corrected chi connectivity index (χ3v) is 4.31. The quantitative estimate of drug-likeness (QED) is 0.907. The molecule has 3 nitrogen and oxygen atoms in total. The molecule has 1 fully saturated rings. The highest BCUT2D eigenvalue weighted by Gasteiger charge is 2.21. The average Bonchev–Trinajstić information content (AvgIpc) is 2.42. The third kappa shape index (κ3) is 2.63. The number of rotatable bonds is 5. The van der Waals surface area contributed by atoms with Crippen LogP contribution in [0.1, 0.15) is 24.8 Å². The smallest absolute Gasteiger partial charge is 0.132 e. The summed E-state index contributed by atoms with van der Waals surface area (Å²) in [5, 5.41) is 1.21. The fraction of sp³-hybridized carbons (Fsp3) is 0.471. The standard InChI is InChI=1S/C17H23N3/c1-20(12-13-5-4-6-13)17-15(9-10-18)11-14-7-2-3-8-16(14)19-17/h2-3,7-8,11,13H,4-6,9-10,12,18H2,1H3. The van der Waals surface area contributed by atoms with Crippen molar-refractivity contribution < 1.29 is 0 Å². The number of aromatic nitrogens is 1. The molecule has 0 bridgehead atoms. The molecular weight excluding hydrogens is 246 g/mol. The van der Waals surface area contributed by atoms with Crippen LogP contribution in [0.4, 0.5) is 5.82 Å². The number of hydrogen-bond acceptors (Lipinski definition) is 3. The first-order valence-corrected chi connectivity index (χ1v) is 7.58. The second kappa shape index (κ2) is 5.80. The van der Waals surface area contributed by atoms with Crippen molar-refractivity contribution in [2.75, 3.05) is 25.0 Å². The lowest BCUT2D eigenvalue weighted by atomic mass is 9.85. The number of benzene rings is 1. The molecule has 0 spiro atoms. The Kier molecular flexibility index (Phi) is 3.88. The molecule has 1 saturated carbocycles. The maximum atomic E-state index is 5.77. The van der Waals surface area contributed by atoms with Gasteiger partial charge in [0, 0.05) is 19.0 Å². The Labute approximate surface area is 120 Å². The Morgan fingerprint density at radius 1 is 1.30 bits per heavy atom. The number of nitrogens with zero attached hydrogens (tertiary/aromatic N) is 2. The maximum Gasteiger partial charge on any atom is 0.132 e. The molecule has 3 heteroatoms. The highest BCUT2D eigenvalue weighted by atomic mass is 15.2. The molecule has 20 heavy (non-hydrogen) atoms. The normalized spacial score (nSPS) is 15.3. The molecule has 3 rings (SSSR count). The van der Waals surface area contributed by atoms with E-state index in [0.717, 1.165) is 30.2 Å². The molecule has 0 radical (unpaired) electrons. The average molecular weight is 269 g/mol. The zero-order valence-electron chi connectivity index (χ0n) is 12.2. The minimum Gasteiger partial charge on any atom is -0.359 e. The molecule has 1 aromatic heterocycles. The molecule has 2 N–H and O–H groups in total. The Morgan fingerprint density at radius 3 is 2.80 bits per heavy atom. The minimum atomic E-state index is 0.671. The molecule has 0 unspecified atom stereocenters. The summed E-state index contributed by atoms with van der Waals surface area (Å²) in [4.78, 5) is 7.20. The molecule has 1 aromatic carbocycles. The van der Waals surface area contributed by atoms with Crippen LogP contribution in [0.3, 0.4) is 0 Å². The van der Waals surface area contributed by atoms with E-state index in [-0.39, 0.29) is 0 Å². The molecule has 1 heterocycles. The van der Waals surface area contributed by atoms with E-state index in [0.29, 0.717) is 6.54 Å². The predicted octanol–water partition coefficient (Wildman–Crippen LogP) is 2.97. The Balaban J connectivity index is 1.94. The van der Waals surface area contributed by atoms with Crippen LogP contribution in [0.15, 0.2) is 30.3 Å². The molecule has 1 aliphatic rings. The largest absolute Gasteiger partial charge is 0.359 e. The summed E-state index contributed by atoms with van der Waals surface area (Å²) in [6.07, 6.45) is 5.01. The summed E-state index contributed by atoms with van der Waals surface area (Å²) in [6.45, 7) is 1.78. The van der Waals surface area contributed by atoms with Gasteiger partial charge in [-0.15, -0.1) is 0 Å². The molecule has 106 valence electrons. The number of anilines is 1. The van der Waals surface area contributed by atoms with Crippen molar-refractivity contribution in [3.63, 3.8) is 0 Å². The van der Waals surface area contributed by atoms with E-state index in [4.69, 9.17) is 10.7 Å². The van der Waals surface area contributed by atoms with Crippen LogP contribution in [-0.2, 0) is 6.42 Å². The van der Waals surface area contributed by atoms with E-state index in [1.165, 1.54) is 30.2 Å². The van der Waals surface area contributed by atoms with Crippen LogP contribution in [0.25, 0.3) is 10.9 Å². The van der Waals surface area contributed by atoms with Gasteiger partial charge in [0.25, 0.3) is 0 Å². The lowest BCUT2D eigenvalue weighted by Gasteiger charge is -2.31. The van der Waals surface area contributed by atoms with E-state index < -0.39 is 0 Å². The van der Waals surface area contributed by atoms with E-state index in [2.05, 4.69) is 36.2 Å². The summed E-state index contributed by atoms with van der Waals surface area (Å²) in [7, 11) is 2.16. The molecule has 0 atom stereocenters.